The Kier molecular flexibility index (Phi) is 2.65. The number of nitro benzene ring substituents is 1. The van der Waals surface area contributed by atoms with Crippen LogP contribution in [0.3, 0.4) is 0 Å². The summed E-state index contributed by atoms with van der Waals surface area (Å²) in [5.41, 5.74) is 1.41. The van der Waals surface area contributed by atoms with Gasteiger partial charge in [0.25, 0.3) is 5.69 Å². The zero-order valence-corrected chi connectivity index (χ0v) is 8.25. The van der Waals surface area contributed by atoms with E-state index < -0.39 is 4.92 Å². The van der Waals surface area contributed by atoms with E-state index >= 15 is 0 Å². The fourth-order valence-electron chi connectivity index (χ4n) is 1.43. The Morgan fingerprint density at radius 3 is 2.81 bits per heavy atom. The highest BCUT2D eigenvalue weighted by atomic mass is 16.6. The topological polar surface area (TPSA) is 92.0 Å². The molecule has 0 saturated carbocycles. The number of aliphatic hydroxyl groups excluding tert-OH is 1. The van der Waals surface area contributed by atoms with Crippen LogP contribution in [0.5, 0.6) is 0 Å². The molecule has 82 valence electrons. The van der Waals surface area contributed by atoms with E-state index in [0.717, 1.165) is 0 Å². The van der Waals surface area contributed by atoms with Gasteiger partial charge in [0.2, 0.25) is 0 Å². The van der Waals surface area contributed by atoms with Crippen molar-refractivity contribution in [2.24, 2.45) is 0 Å². The van der Waals surface area contributed by atoms with Crippen molar-refractivity contribution in [3.8, 4) is 11.3 Å². The monoisotopic (exact) mass is 219 g/mol. The van der Waals surface area contributed by atoms with Crippen molar-refractivity contribution in [3.63, 3.8) is 0 Å². The summed E-state index contributed by atoms with van der Waals surface area (Å²) >= 11 is 0. The molecule has 0 atom stereocenters. The highest BCUT2D eigenvalue weighted by Gasteiger charge is 2.16. The van der Waals surface area contributed by atoms with Crippen LogP contribution >= 0.6 is 0 Å². The van der Waals surface area contributed by atoms with Crippen molar-refractivity contribution in [2.75, 3.05) is 0 Å². The molecule has 0 bridgehead atoms. The summed E-state index contributed by atoms with van der Waals surface area (Å²) in [4.78, 5) is 10.3. The predicted octanol–water partition coefficient (Wildman–Crippen LogP) is 1.48. The number of aliphatic hydroxyl groups is 1. The number of H-pyrrole nitrogens is 1. The van der Waals surface area contributed by atoms with Gasteiger partial charge < -0.3 is 5.11 Å². The van der Waals surface area contributed by atoms with Gasteiger partial charge in [-0.25, -0.2) is 0 Å². The predicted molar refractivity (Wildman–Crippen MR) is 56.6 cm³/mol. The van der Waals surface area contributed by atoms with Gasteiger partial charge in [0.15, 0.2) is 0 Å². The molecular weight excluding hydrogens is 210 g/mol. The van der Waals surface area contributed by atoms with E-state index in [0.29, 0.717) is 17.0 Å². The Morgan fingerprint density at radius 2 is 2.19 bits per heavy atom. The van der Waals surface area contributed by atoms with Gasteiger partial charge in [0.05, 0.1) is 28.5 Å². The van der Waals surface area contributed by atoms with Gasteiger partial charge in [0.1, 0.15) is 0 Å². The van der Waals surface area contributed by atoms with Crippen LogP contribution in [0.15, 0.2) is 30.3 Å². The number of hydrogen-bond acceptors (Lipinski definition) is 4. The van der Waals surface area contributed by atoms with Crippen molar-refractivity contribution in [3.05, 3.63) is 46.1 Å². The number of aromatic nitrogens is 2. The van der Waals surface area contributed by atoms with Gasteiger partial charge in [-0.2, -0.15) is 5.10 Å². The number of nitrogens with one attached hydrogen (secondary N) is 1. The lowest BCUT2D eigenvalue weighted by atomic mass is 10.1. The van der Waals surface area contributed by atoms with E-state index in [-0.39, 0.29) is 12.3 Å². The normalized spacial score (nSPS) is 10.3. The first-order chi connectivity index (χ1) is 7.72. The van der Waals surface area contributed by atoms with Gasteiger partial charge in [-0.15, -0.1) is 0 Å². The molecule has 0 spiro atoms. The summed E-state index contributed by atoms with van der Waals surface area (Å²) in [5.74, 6) is 0. The second-order valence-electron chi connectivity index (χ2n) is 3.21. The average molecular weight is 219 g/mol. The highest BCUT2D eigenvalue weighted by Crippen LogP contribution is 2.28. The third kappa shape index (κ3) is 1.78. The molecule has 16 heavy (non-hydrogen) atoms. The first-order valence-electron chi connectivity index (χ1n) is 4.61. The average Bonchev–Trinajstić information content (AvgIpc) is 2.77. The molecule has 0 fully saturated rings. The van der Waals surface area contributed by atoms with E-state index in [9.17, 15) is 10.1 Å². The maximum absolute atomic E-state index is 10.8. The molecule has 0 radical (unpaired) electrons. The highest BCUT2D eigenvalue weighted by molar-refractivity contribution is 5.70. The SMILES string of the molecule is O=[N+]([O-])c1ccccc1-c1cc(CO)[nH]n1. The lowest BCUT2D eigenvalue weighted by Gasteiger charge is -1.97. The van der Waals surface area contributed by atoms with Gasteiger partial charge in [-0.1, -0.05) is 12.1 Å². The van der Waals surface area contributed by atoms with Crippen LogP contribution in [0.25, 0.3) is 11.3 Å². The van der Waals surface area contributed by atoms with Crippen molar-refractivity contribution in [2.45, 2.75) is 6.61 Å². The molecule has 0 aliphatic rings. The number of nitro groups is 1. The lowest BCUT2D eigenvalue weighted by Crippen LogP contribution is -1.91. The lowest BCUT2D eigenvalue weighted by molar-refractivity contribution is -0.384. The van der Waals surface area contributed by atoms with Crippen molar-refractivity contribution in [1.82, 2.24) is 10.2 Å². The van der Waals surface area contributed by atoms with E-state index in [2.05, 4.69) is 10.2 Å². The van der Waals surface area contributed by atoms with E-state index in [4.69, 9.17) is 5.11 Å². The Hall–Kier alpha value is -2.21. The zero-order chi connectivity index (χ0) is 11.5. The van der Waals surface area contributed by atoms with Crippen LogP contribution in [-0.2, 0) is 6.61 Å². The number of nitrogens with zero attached hydrogens (tertiary/aromatic N) is 2. The van der Waals surface area contributed by atoms with Gasteiger partial charge >= 0.3 is 0 Å². The quantitative estimate of drug-likeness (QED) is 0.604. The summed E-state index contributed by atoms with van der Waals surface area (Å²) in [5, 5.41) is 26.2. The van der Waals surface area contributed by atoms with Crippen molar-refractivity contribution >= 4 is 5.69 Å². The largest absolute Gasteiger partial charge is 0.390 e. The molecule has 0 amide bonds. The fourth-order valence-corrected chi connectivity index (χ4v) is 1.43. The molecule has 0 aliphatic heterocycles. The summed E-state index contributed by atoms with van der Waals surface area (Å²) in [7, 11) is 0. The fraction of sp³-hybridized carbons (Fsp3) is 0.100. The molecule has 6 nitrogen and oxygen atoms in total. The first kappa shape index (κ1) is 10.3. The Balaban J connectivity index is 2.50. The minimum Gasteiger partial charge on any atom is -0.390 e. The maximum atomic E-state index is 10.8. The smallest absolute Gasteiger partial charge is 0.278 e. The zero-order valence-electron chi connectivity index (χ0n) is 8.25. The Bertz CT molecular complexity index is 522. The van der Waals surface area contributed by atoms with Crippen LogP contribution in [0.2, 0.25) is 0 Å². The number of hydrogen-bond donors (Lipinski definition) is 2. The van der Waals surface area contributed by atoms with Crippen LogP contribution in [0.1, 0.15) is 5.69 Å². The van der Waals surface area contributed by atoms with Crippen LogP contribution in [0.4, 0.5) is 5.69 Å². The summed E-state index contributed by atoms with van der Waals surface area (Å²) in [6.07, 6.45) is 0. The molecule has 0 unspecified atom stereocenters. The summed E-state index contributed by atoms with van der Waals surface area (Å²) in [6, 6.07) is 7.93. The third-order valence-electron chi connectivity index (χ3n) is 2.18. The Labute approximate surface area is 90.7 Å². The number of para-hydroxylation sites is 1. The van der Waals surface area contributed by atoms with Crippen LogP contribution in [-0.4, -0.2) is 20.2 Å². The second-order valence-corrected chi connectivity index (χ2v) is 3.21. The summed E-state index contributed by atoms with van der Waals surface area (Å²) in [6.45, 7) is -0.173. The van der Waals surface area contributed by atoms with Gasteiger partial charge in [0, 0.05) is 6.07 Å². The van der Waals surface area contributed by atoms with Crippen molar-refractivity contribution < 1.29 is 10.0 Å². The molecule has 0 saturated heterocycles. The number of benzene rings is 1. The summed E-state index contributed by atoms with van der Waals surface area (Å²) < 4.78 is 0. The molecule has 2 aromatic rings. The first-order valence-corrected chi connectivity index (χ1v) is 4.61. The number of rotatable bonds is 3. The minimum absolute atomic E-state index is 0.00140. The van der Waals surface area contributed by atoms with Gasteiger partial charge in [-0.3, -0.25) is 15.2 Å². The molecular formula is C10H9N3O3. The number of aromatic amines is 1. The van der Waals surface area contributed by atoms with Crippen molar-refractivity contribution in [1.29, 1.82) is 0 Å². The maximum Gasteiger partial charge on any atom is 0.278 e. The minimum atomic E-state index is -0.456. The van der Waals surface area contributed by atoms with Gasteiger partial charge in [-0.05, 0) is 12.1 Å². The third-order valence-corrected chi connectivity index (χ3v) is 2.18. The van der Waals surface area contributed by atoms with E-state index in [1.54, 1.807) is 24.3 Å². The molecule has 0 aliphatic carbocycles. The van der Waals surface area contributed by atoms with Crippen LogP contribution < -0.4 is 0 Å². The molecule has 1 aromatic heterocycles. The molecule has 1 heterocycles. The van der Waals surface area contributed by atoms with Crippen LogP contribution in [0, 0.1) is 10.1 Å². The van der Waals surface area contributed by atoms with E-state index in [1.165, 1.54) is 6.07 Å². The molecule has 6 heteroatoms. The molecule has 2 N–H and O–H groups in total. The second kappa shape index (κ2) is 4.11. The molecule has 1 aromatic carbocycles. The standard InChI is InChI=1S/C10H9N3O3/c14-6-7-5-9(12-11-7)8-3-1-2-4-10(8)13(15)16/h1-5,14H,6H2,(H,11,12). The molecule has 2 rings (SSSR count). The Morgan fingerprint density at radius 1 is 1.44 bits per heavy atom. The van der Waals surface area contributed by atoms with E-state index in [1.807, 2.05) is 0 Å².